The fourth-order valence-corrected chi connectivity index (χ4v) is 3.28. The molecular weight excluding hydrogens is 264 g/mol. The molecule has 0 fully saturated rings. The van der Waals surface area contributed by atoms with E-state index in [-0.39, 0.29) is 0 Å². The molecule has 0 aromatic heterocycles. The lowest BCUT2D eigenvalue weighted by Gasteiger charge is -2.11. The van der Waals surface area contributed by atoms with Crippen molar-refractivity contribution in [3.8, 4) is 11.1 Å². The molecule has 0 aliphatic heterocycles. The largest absolute Gasteiger partial charge is 0.0610 e. The number of aryl methyl sites for hydroxylation is 2. The molecule has 0 saturated carbocycles. The zero-order valence-electron chi connectivity index (χ0n) is 12.9. The van der Waals surface area contributed by atoms with Gasteiger partial charge in [-0.2, -0.15) is 0 Å². The molecule has 4 aromatic carbocycles. The van der Waals surface area contributed by atoms with Gasteiger partial charge < -0.3 is 0 Å². The van der Waals surface area contributed by atoms with Crippen LogP contribution in [0.2, 0.25) is 0 Å². The van der Waals surface area contributed by atoms with Crippen LogP contribution in [0.15, 0.2) is 72.8 Å². The van der Waals surface area contributed by atoms with Crippen LogP contribution >= 0.6 is 0 Å². The molecule has 0 nitrogen and oxygen atoms in total. The average Bonchev–Trinajstić information content (AvgIpc) is 2.53. The van der Waals surface area contributed by atoms with Crippen molar-refractivity contribution in [1.29, 1.82) is 0 Å². The molecule has 0 aliphatic carbocycles. The third kappa shape index (κ3) is 2.08. The molecule has 0 heterocycles. The molecule has 4 aromatic rings. The Hall–Kier alpha value is -2.60. The first-order valence-corrected chi connectivity index (χ1v) is 7.71. The Labute approximate surface area is 131 Å². The molecule has 0 amide bonds. The highest BCUT2D eigenvalue weighted by Crippen LogP contribution is 2.34. The van der Waals surface area contributed by atoms with Gasteiger partial charge in [0.1, 0.15) is 0 Å². The first-order chi connectivity index (χ1) is 10.7. The van der Waals surface area contributed by atoms with Crippen LogP contribution in [-0.2, 0) is 0 Å². The molecule has 0 radical (unpaired) electrons. The molecular formula is C22H18. The highest BCUT2D eigenvalue weighted by atomic mass is 14.1. The zero-order chi connectivity index (χ0) is 15.1. The minimum absolute atomic E-state index is 1.30. The first-order valence-electron chi connectivity index (χ1n) is 7.71. The van der Waals surface area contributed by atoms with Crippen molar-refractivity contribution < 1.29 is 0 Å². The van der Waals surface area contributed by atoms with E-state index in [1.165, 1.54) is 43.8 Å². The maximum absolute atomic E-state index is 2.26. The van der Waals surface area contributed by atoms with E-state index >= 15 is 0 Å². The van der Waals surface area contributed by atoms with Gasteiger partial charge in [-0.05, 0) is 46.5 Å². The second-order valence-corrected chi connectivity index (χ2v) is 6.06. The van der Waals surface area contributed by atoms with Crippen LogP contribution in [0.4, 0.5) is 0 Å². The molecule has 4 rings (SSSR count). The lowest BCUT2D eigenvalue weighted by molar-refractivity contribution is 1.50. The first kappa shape index (κ1) is 13.1. The predicted molar refractivity (Wildman–Crippen MR) is 96.4 cm³/mol. The normalized spacial score (nSPS) is 11.2. The Bertz CT molecular complexity index is 910. The van der Waals surface area contributed by atoms with E-state index in [9.17, 15) is 0 Å². The molecule has 0 heteroatoms. The average molecular weight is 282 g/mol. The summed E-state index contributed by atoms with van der Waals surface area (Å²) in [5, 5.41) is 5.26. The number of hydrogen-bond donors (Lipinski definition) is 0. The molecule has 0 N–H and O–H groups in total. The molecule has 0 saturated heterocycles. The van der Waals surface area contributed by atoms with Crippen LogP contribution in [0.1, 0.15) is 11.1 Å². The maximum atomic E-state index is 2.26. The van der Waals surface area contributed by atoms with Crippen molar-refractivity contribution in [3.63, 3.8) is 0 Å². The van der Waals surface area contributed by atoms with E-state index < -0.39 is 0 Å². The summed E-state index contributed by atoms with van der Waals surface area (Å²) in [4.78, 5) is 0. The van der Waals surface area contributed by atoms with E-state index in [1.807, 2.05) is 0 Å². The van der Waals surface area contributed by atoms with Crippen LogP contribution in [0.3, 0.4) is 0 Å². The van der Waals surface area contributed by atoms with Gasteiger partial charge in [0.15, 0.2) is 0 Å². The topological polar surface area (TPSA) is 0 Å². The van der Waals surface area contributed by atoms with Crippen molar-refractivity contribution in [2.24, 2.45) is 0 Å². The highest BCUT2D eigenvalue weighted by Gasteiger charge is 2.07. The lowest BCUT2D eigenvalue weighted by Crippen LogP contribution is -1.85. The van der Waals surface area contributed by atoms with E-state index in [0.717, 1.165) is 0 Å². The summed E-state index contributed by atoms with van der Waals surface area (Å²) in [5.41, 5.74) is 5.23. The SMILES string of the molecule is Cc1ccc2c(-c3cccc4cc(C)ccc34)cccc2c1. The molecule has 0 spiro atoms. The van der Waals surface area contributed by atoms with Crippen molar-refractivity contribution >= 4 is 21.5 Å². The standard InChI is InChI=1S/C22H18/c1-15-9-11-19-17(13-15)5-3-7-21(19)22-8-4-6-18-14-16(2)10-12-20(18)22/h3-14H,1-2H3. The minimum atomic E-state index is 1.30. The van der Waals surface area contributed by atoms with E-state index in [2.05, 4.69) is 86.6 Å². The highest BCUT2D eigenvalue weighted by molar-refractivity contribution is 6.05. The molecule has 22 heavy (non-hydrogen) atoms. The summed E-state index contributed by atoms with van der Waals surface area (Å²) < 4.78 is 0. The lowest BCUT2D eigenvalue weighted by atomic mass is 9.93. The van der Waals surface area contributed by atoms with Gasteiger partial charge in [0.2, 0.25) is 0 Å². The Balaban J connectivity index is 2.07. The van der Waals surface area contributed by atoms with Crippen molar-refractivity contribution in [2.45, 2.75) is 13.8 Å². The zero-order valence-corrected chi connectivity index (χ0v) is 12.9. The molecule has 0 aliphatic rings. The van der Waals surface area contributed by atoms with Gasteiger partial charge in [-0.3, -0.25) is 0 Å². The monoisotopic (exact) mass is 282 g/mol. The quantitative estimate of drug-likeness (QED) is 0.385. The van der Waals surface area contributed by atoms with Crippen LogP contribution in [0.25, 0.3) is 32.7 Å². The second kappa shape index (κ2) is 4.99. The number of rotatable bonds is 1. The summed E-state index contributed by atoms with van der Waals surface area (Å²) in [7, 11) is 0. The third-order valence-corrected chi connectivity index (χ3v) is 4.36. The summed E-state index contributed by atoms with van der Waals surface area (Å²) in [6.45, 7) is 4.29. The van der Waals surface area contributed by atoms with Gasteiger partial charge in [0.25, 0.3) is 0 Å². The summed E-state index contributed by atoms with van der Waals surface area (Å²) in [6, 6.07) is 26.6. The van der Waals surface area contributed by atoms with Gasteiger partial charge in [-0.1, -0.05) is 83.9 Å². The predicted octanol–water partition coefficient (Wildman–Crippen LogP) is 6.28. The summed E-state index contributed by atoms with van der Waals surface area (Å²) in [6.07, 6.45) is 0. The smallest absolute Gasteiger partial charge is 0.00992 e. The Morgan fingerprint density at radius 3 is 1.41 bits per heavy atom. The van der Waals surface area contributed by atoms with Crippen LogP contribution in [0, 0.1) is 13.8 Å². The van der Waals surface area contributed by atoms with Crippen molar-refractivity contribution in [2.75, 3.05) is 0 Å². The molecule has 0 atom stereocenters. The van der Waals surface area contributed by atoms with Gasteiger partial charge in [-0.25, -0.2) is 0 Å². The minimum Gasteiger partial charge on any atom is -0.0610 e. The number of fused-ring (bicyclic) bond motifs is 2. The van der Waals surface area contributed by atoms with Crippen LogP contribution in [-0.4, -0.2) is 0 Å². The molecule has 0 unspecified atom stereocenters. The Morgan fingerprint density at radius 1 is 0.500 bits per heavy atom. The van der Waals surface area contributed by atoms with Gasteiger partial charge in [0.05, 0.1) is 0 Å². The van der Waals surface area contributed by atoms with Crippen molar-refractivity contribution in [3.05, 3.63) is 83.9 Å². The van der Waals surface area contributed by atoms with Crippen molar-refractivity contribution in [1.82, 2.24) is 0 Å². The van der Waals surface area contributed by atoms with Crippen LogP contribution in [0.5, 0.6) is 0 Å². The van der Waals surface area contributed by atoms with E-state index in [0.29, 0.717) is 0 Å². The number of hydrogen-bond acceptors (Lipinski definition) is 0. The van der Waals surface area contributed by atoms with Gasteiger partial charge in [-0.15, -0.1) is 0 Å². The summed E-state index contributed by atoms with van der Waals surface area (Å²) >= 11 is 0. The summed E-state index contributed by atoms with van der Waals surface area (Å²) in [5.74, 6) is 0. The van der Waals surface area contributed by atoms with Gasteiger partial charge in [0, 0.05) is 0 Å². The number of benzene rings is 4. The fourth-order valence-electron chi connectivity index (χ4n) is 3.28. The van der Waals surface area contributed by atoms with Gasteiger partial charge >= 0.3 is 0 Å². The second-order valence-electron chi connectivity index (χ2n) is 6.06. The fraction of sp³-hybridized carbons (Fsp3) is 0.0909. The van der Waals surface area contributed by atoms with E-state index in [4.69, 9.17) is 0 Å². The Kier molecular flexibility index (Phi) is 2.97. The molecule has 106 valence electrons. The van der Waals surface area contributed by atoms with Crippen LogP contribution < -0.4 is 0 Å². The maximum Gasteiger partial charge on any atom is -0.00992 e. The Morgan fingerprint density at radius 2 is 0.955 bits per heavy atom. The van der Waals surface area contributed by atoms with E-state index in [1.54, 1.807) is 0 Å². The third-order valence-electron chi connectivity index (χ3n) is 4.36. The molecule has 0 bridgehead atoms.